The van der Waals surface area contributed by atoms with Crippen molar-refractivity contribution in [3.8, 4) is 0 Å². The highest BCUT2D eigenvalue weighted by molar-refractivity contribution is 5.76. The van der Waals surface area contributed by atoms with Gasteiger partial charge in [-0.25, -0.2) is 4.79 Å². The van der Waals surface area contributed by atoms with Gasteiger partial charge >= 0.3 is 6.09 Å². The normalized spacial score (nSPS) is 20.0. The van der Waals surface area contributed by atoms with Gasteiger partial charge < -0.3 is 14.5 Å². The largest absolute Gasteiger partial charge is 0.415 e. The van der Waals surface area contributed by atoms with E-state index in [1.807, 2.05) is 19.2 Å². The summed E-state index contributed by atoms with van der Waals surface area (Å²) in [6, 6.07) is 17.6. The summed E-state index contributed by atoms with van der Waals surface area (Å²) in [6.07, 6.45) is 12.9. The fraction of sp³-hybridized carbons (Fsp3) is 0.387. The molecule has 0 saturated heterocycles. The molecule has 0 aliphatic heterocycles. The van der Waals surface area contributed by atoms with Crippen LogP contribution >= 0.6 is 0 Å². The molecule has 2 atom stereocenters. The van der Waals surface area contributed by atoms with Crippen LogP contribution in [0.25, 0.3) is 12.2 Å². The minimum Gasteiger partial charge on any atom is -0.415 e. The highest BCUT2D eigenvalue weighted by Crippen LogP contribution is 2.38. The average Bonchev–Trinajstić information content (AvgIpc) is 3.00. The van der Waals surface area contributed by atoms with Crippen molar-refractivity contribution in [1.82, 2.24) is 9.80 Å². The SMILES string of the molecule is C[C@H](N(C)C)C1(C)C=CC=C(OC(=O)N(C)CCCC2c3ccccc3C=Cc3ccccc32)C1. The van der Waals surface area contributed by atoms with E-state index >= 15 is 0 Å². The Morgan fingerprint density at radius 1 is 1.03 bits per heavy atom. The Kier molecular flexibility index (Phi) is 7.61. The first-order valence-electron chi connectivity index (χ1n) is 12.6. The predicted molar refractivity (Wildman–Crippen MR) is 145 cm³/mol. The number of benzene rings is 2. The van der Waals surface area contributed by atoms with E-state index < -0.39 is 0 Å². The first-order valence-corrected chi connectivity index (χ1v) is 12.6. The van der Waals surface area contributed by atoms with Crippen molar-refractivity contribution < 1.29 is 9.53 Å². The molecule has 2 aliphatic carbocycles. The molecule has 0 N–H and O–H groups in total. The molecule has 0 heterocycles. The van der Waals surface area contributed by atoms with Crippen LogP contribution in [0.1, 0.15) is 61.3 Å². The van der Waals surface area contributed by atoms with Gasteiger partial charge in [0.25, 0.3) is 0 Å². The van der Waals surface area contributed by atoms with E-state index in [2.05, 4.69) is 99.6 Å². The van der Waals surface area contributed by atoms with Crippen molar-refractivity contribution in [2.45, 2.75) is 45.1 Å². The second kappa shape index (κ2) is 10.7. The summed E-state index contributed by atoms with van der Waals surface area (Å²) in [4.78, 5) is 16.8. The van der Waals surface area contributed by atoms with Gasteiger partial charge in [0.2, 0.25) is 0 Å². The fourth-order valence-corrected chi connectivity index (χ4v) is 5.25. The minimum atomic E-state index is -0.283. The van der Waals surface area contributed by atoms with Gasteiger partial charge in [-0.3, -0.25) is 0 Å². The van der Waals surface area contributed by atoms with Gasteiger partial charge in [0.15, 0.2) is 0 Å². The Balaban J connectivity index is 1.37. The lowest BCUT2D eigenvalue weighted by atomic mass is 9.76. The van der Waals surface area contributed by atoms with Crippen LogP contribution in [0.3, 0.4) is 0 Å². The van der Waals surface area contributed by atoms with Gasteiger partial charge in [0.05, 0.1) is 0 Å². The summed E-state index contributed by atoms with van der Waals surface area (Å²) in [5, 5.41) is 0. The number of rotatable bonds is 7. The predicted octanol–water partition coefficient (Wildman–Crippen LogP) is 6.95. The summed E-state index contributed by atoms with van der Waals surface area (Å²) in [7, 11) is 6.01. The number of hydrogen-bond donors (Lipinski definition) is 0. The van der Waals surface area contributed by atoms with Crippen LogP contribution in [-0.2, 0) is 4.74 Å². The van der Waals surface area contributed by atoms with Gasteiger partial charge in [-0.15, -0.1) is 0 Å². The molecule has 2 aromatic carbocycles. The molecule has 4 heteroatoms. The second-order valence-corrected chi connectivity index (χ2v) is 10.4. The molecule has 0 fully saturated rings. The molecule has 0 saturated carbocycles. The van der Waals surface area contributed by atoms with Gasteiger partial charge in [0.1, 0.15) is 5.76 Å². The summed E-state index contributed by atoms with van der Waals surface area (Å²) >= 11 is 0. The molecular formula is C31H38N2O2. The van der Waals surface area contributed by atoms with E-state index in [1.165, 1.54) is 22.3 Å². The van der Waals surface area contributed by atoms with Crippen LogP contribution in [0.2, 0.25) is 0 Å². The number of nitrogens with zero attached hydrogens (tertiary/aromatic N) is 2. The third-order valence-corrected chi connectivity index (χ3v) is 7.74. The zero-order valence-electron chi connectivity index (χ0n) is 21.7. The van der Waals surface area contributed by atoms with Gasteiger partial charge in [-0.05, 0) is 62.2 Å². The minimum absolute atomic E-state index is 0.0687. The lowest BCUT2D eigenvalue weighted by Gasteiger charge is -2.39. The lowest BCUT2D eigenvalue weighted by Crippen LogP contribution is -2.41. The van der Waals surface area contributed by atoms with Crippen molar-refractivity contribution in [3.05, 3.63) is 94.8 Å². The van der Waals surface area contributed by atoms with Crippen LogP contribution in [0, 0.1) is 5.41 Å². The zero-order chi connectivity index (χ0) is 25.0. The summed E-state index contributed by atoms with van der Waals surface area (Å²) in [5.41, 5.74) is 5.18. The smallest absolute Gasteiger partial charge is 0.414 e. The molecule has 0 spiro atoms. The maximum Gasteiger partial charge on any atom is 0.414 e. The van der Waals surface area contributed by atoms with Crippen LogP contribution < -0.4 is 0 Å². The molecule has 4 rings (SSSR count). The Labute approximate surface area is 210 Å². The summed E-state index contributed by atoms with van der Waals surface area (Å²) in [6.45, 7) is 5.08. The van der Waals surface area contributed by atoms with Gasteiger partial charge in [0, 0.05) is 37.4 Å². The molecule has 4 nitrogen and oxygen atoms in total. The number of carbonyl (C=O) groups excluding carboxylic acids is 1. The van der Waals surface area contributed by atoms with Crippen LogP contribution in [0.5, 0.6) is 0 Å². The molecule has 2 aromatic rings. The van der Waals surface area contributed by atoms with Crippen LogP contribution in [0.4, 0.5) is 4.79 Å². The maximum absolute atomic E-state index is 12.9. The molecule has 184 valence electrons. The van der Waals surface area contributed by atoms with E-state index in [9.17, 15) is 4.79 Å². The van der Waals surface area contributed by atoms with E-state index in [0.29, 0.717) is 24.9 Å². The number of hydrogen-bond acceptors (Lipinski definition) is 3. The monoisotopic (exact) mass is 470 g/mol. The number of allylic oxidation sites excluding steroid dienone is 3. The number of ether oxygens (including phenoxy) is 1. The van der Waals surface area contributed by atoms with Crippen molar-refractivity contribution >= 4 is 18.2 Å². The van der Waals surface area contributed by atoms with Gasteiger partial charge in [-0.2, -0.15) is 0 Å². The number of amides is 1. The van der Waals surface area contributed by atoms with Gasteiger partial charge in [-0.1, -0.05) is 79.8 Å². The van der Waals surface area contributed by atoms with E-state index in [-0.39, 0.29) is 11.5 Å². The van der Waals surface area contributed by atoms with Crippen molar-refractivity contribution in [2.24, 2.45) is 5.41 Å². The zero-order valence-corrected chi connectivity index (χ0v) is 21.7. The highest BCUT2D eigenvalue weighted by atomic mass is 16.6. The topological polar surface area (TPSA) is 32.8 Å². The fourth-order valence-electron chi connectivity index (χ4n) is 5.25. The molecule has 0 aromatic heterocycles. The average molecular weight is 471 g/mol. The highest BCUT2D eigenvalue weighted by Gasteiger charge is 2.34. The molecule has 1 unspecified atom stereocenters. The quantitative estimate of drug-likeness (QED) is 0.439. The summed E-state index contributed by atoms with van der Waals surface area (Å²) < 4.78 is 5.82. The lowest BCUT2D eigenvalue weighted by molar-refractivity contribution is 0.116. The van der Waals surface area contributed by atoms with Crippen molar-refractivity contribution in [3.63, 3.8) is 0 Å². The molecule has 2 aliphatic rings. The molecule has 35 heavy (non-hydrogen) atoms. The first-order chi connectivity index (χ1) is 16.8. The molecule has 1 amide bonds. The Bertz CT molecular complexity index is 1100. The Morgan fingerprint density at radius 3 is 2.23 bits per heavy atom. The molecule has 0 radical (unpaired) electrons. The van der Waals surface area contributed by atoms with Crippen molar-refractivity contribution in [1.29, 1.82) is 0 Å². The summed E-state index contributed by atoms with van der Waals surface area (Å²) in [5.74, 6) is 1.04. The van der Waals surface area contributed by atoms with Crippen LogP contribution in [-0.4, -0.2) is 49.6 Å². The van der Waals surface area contributed by atoms with E-state index in [0.717, 1.165) is 18.6 Å². The molecular weight excluding hydrogens is 432 g/mol. The number of carbonyl (C=O) groups is 1. The third kappa shape index (κ3) is 5.59. The third-order valence-electron chi connectivity index (χ3n) is 7.74. The Morgan fingerprint density at radius 2 is 1.63 bits per heavy atom. The molecule has 0 bridgehead atoms. The van der Waals surface area contributed by atoms with E-state index in [1.54, 1.807) is 4.90 Å². The standard InChI is InChI=1S/C31H38N2O2/c1-23(32(3)4)31(2)20-10-14-26(22-31)35-30(34)33(5)21-11-17-29-27-15-8-6-12-24(27)18-19-25-13-7-9-16-28(25)29/h6-10,12-16,18-20,23,29H,11,17,21-22H2,1-5H3/t23-,31?/m0/s1. The first kappa shape index (κ1) is 25.0. The van der Waals surface area contributed by atoms with Crippen molar-refractivity contribution in [2.75, 3.05) is 27.7 Å². The van der Waals surface area contributed by atoms with E-state index in [4.69, 9.17) is 4.74 Å². The Hall–Kier alpha value is -3.11. The second-order valence-electron chi connectivity index (χ2n) is 10.4. The van der Waals surface area contributed by atoms with Crippen LogP contribution in [0.15, 0.2) is 72.5 Å². The maximum atomic E-state index is 12.9. The number of fused-ring (bicyclic) bond motifs is 2.